The molecule has 0 unspecified atom stereocenters. The van der Waals surface area contributed by atoms with Crippen molar-refractivity contribution in [2.75, 3.05) is 5.32 Å². The normalized spacial score (nSPS) is 10.8. The number of thiophene rings is 1. The zero-order chi connectivity index (χ0) is 21.8. The van der Waals surface area contributed by atoms with Crippen molar-refractivity contribution >= 4 is 51.6 Å². The van der Waals surface area contributed by atoms with Crippen LogP contribution in [0.5, 0.6) is 0 Å². The highest BCUT2D eigenvalue weighted by Crippen LogP contribution is 2.30. The Hall–Kier alpha value is -2.88. The maximum absolute atomic E-state index is 12.5. The van der Waals surface area contributed by atoms with Crippen LogP contribution in [0.4, 0.5) is 5.69 Å². The minimum Gasteiger partial charge on any atom is -0.455 e. The van der Waals surface area contributed by atoms with E-state index in [1.54, 1.807) is 23.6 Å². The first kappa shape index (κ1) is 21.4. The van der Waals surface area contributed by atoms with Gasteiger partial charge in [-0.05, 0) is 36.9 Å². The van der Waals surface area contributed by atoms with Gasteiger partial charge in [-0.1, -0.05) is 18.2 Å². The van der Waals surface area contributed by atoms with E-state index in [-0.39, 0.29) is 18.9 Å². The average molecular weight is 470 g/mol. The first-order valence-corrected chi connectivity index (χ1v) is 12.1. The number of anilines is 1. The van der Waals surface area contributed by atoms with E-state index in [1.807, 2.05) is 48.0 Å². The van der Waals surface area contributed by atoms with Gasteiger partial charge in [-0.3, -0.25) is 4.79 Å². The smallest absolute Gasteiger partial charge is 0.350 e. The number of aryl methyl sites for hydroxylation is 2. The minimum absolute atomic E-state index is 0.0554. The van der Waals surface area contributed by atoms with Crippen LogP contribution in [0.25, 0.3) is 10.6 Å². The lowest BCUT2D eigenvalue weighted by molar-refractivity contribution is -0.115. The summed E-state index contributed by atoms with van der Waals surface area (Å²) in [6.45, 7) is 3.80. The molecule has 0 aliphatic carbocycles. The molecular weight excluding hydrogens is 450 g/mol. The van der Waals surface area contributed by atoms with E-state index in [0.29, 0.717) is 21.3 Å². The molecule has 1 N–H and O–H groups in total. The monoisotopic (exact) mass is 469 g/mol. The van der Waals surface area contributed by atoms with Crippen LogP contribution in [0.2, 0.25) is 0 Å². The Morgan fingerprint density at radius 2 is 1.94 bits per heavy atom. The van der Waals surface area contributed by atoms with E-state index in [2.05, 4.69) is 15.3 Å². The molecule has 158 valence electrons. The maximum atomic E-state index is 12.5. The number of aromatic nitrogens is 2. The van der Waals surface area contributed by atoms with E-state index in [9.17, 15) is 9.59 Å². The van der Waals surface area contributed by atoms with Gasteiger partial charge in [-0.25, -0.2) is 14.8 Å². The Morgan fingerprint density at radius 3 is 2.71 bits per heavy atom. The number of benzene rings is 1. The van der Waals surface area contributed by atoms with Crippen LogP contribution < -0.4 is 5.32 Å². The molecule has 0 bridgehead atoms. The van der Waals surface area contributed by atoms with E-state index in [4.69, 9.17) is 4.74 Å². The molecule has 1 amide bonds. The fraction of sp³-hybridized carbons (Fsp3) is 0.182. The lowest BCUT2D eigenvalue weighted by atomic mass is 10.2. The summed E-state index contributed by atoms with van der Waals surface area (Å²) >= 11 is 4.29. The number of carbonyl (C=O) groups excluding carboxylic acids is 2. The summed E-state index contributed by atoms with van der Waals surface area (Å²) < 4.78 is 5.43. The number of hydrogen-bond acceptors (Lipinski definition) is 8. The molecule has 0 spiro atoms. The quantitative estimate of drug-likeness (QED) is 0.362. The second kappa shape index (κ2) is 9.51. The van der Waals surface area contributed by atoms with Crippen LogP contribution in [0.1, 0.15) is 31.6 Å². The molecule has 31 heavy (non-hydrogen) atoms. The van der Waals surface area contributed by atoms with Crippen LogP contribution in [0.15, 0.2) is 46.5 Å². The molecule has 0 saturated carbocycles. The molecule has 0 aliphatic rings. The van der Waals surface area contributed by atoms with Crippen LogP contribution in [-0.4, -0.2) is 21.8 Å². The van der Waals surface area contributed by atoms with E-state index < -0.39 is 5.97 Å². The Morgan fingerprint density at radius 1 is 1.10 bits per heavy atom. The van der Waals surface area contributed by atoms with Crippen molar-refractivity contribution in [3.8, 4) is 10.6 Å². The predicted octanol–water partition coefficient (Wildman–Crippen LogP) is 5.48. The number of ether oxygens (including phenoxy) is 1. The number of esters is 1. The lowest BCUT2D eigenvalue weighted by Gasteiger charge is -2.06. The minimum atomic E-state index is -0.414. The van der Waals surface area contributed by atoms with Crippen molar-refractivity contribution in [1.82, 2.24) is 9.97 Å². The molecule has 9 heteroatoms. The lowest BCUT2D eigenvalue weighted by Crippen LogP contribution is -2.15. The van der Waals surface area contributed by atoms with Crippen molar-refractivity contribution in [3.63, 3.8) is 0 Å². The molecule has 4 aromatic rings. The second-order valence-corrected chi connectivity index (χ2v) is 9.52. The van der Waals surface area contributed by atoms with Crippen LogP contribution in [-0.2, 0) is 22.6 Å². The maximum Gasteiger partial charge on any atom is 0.350 e. The molecule has 3 aromatic heterocycles. The first-order valence-electron chi connectivity index (χ1n) is 9.45. The van der Waals surface area contributed by atoms with Crippen molar-refractivity contribution in [2.24, 2.45) is 0 Å². The van der Waals surface area contributed by atoms with Gasteiger partial charge in [0.05, 0.1) is 17.8 Å². The van der Waals surface area contributed by atoms with Crippen LogP contribution >= 0.6 is 34.0 Å². The van der Waals surface area contributed by atoms with Gasteiger partial charge in [0.25, 0.3) is 0 Å². The first-order chi connectivity index (χ1) is 15.0. The summed E-state index contributed by atoms with van der Waals surface area (Å²) in [4.78, 5) is 34.2. The number of para-hydroxylation sites is 1. The second-order valence-electron chi connectivity index (χ2n) is 6.79. The van der Waals surface area contributed by atoms with Crippen molar-refractivity contribution in [1.29, 1.82) is 0 Å². The third-order valence-electron chi connectivity index (χ3n) is 4.43. The third kappa shape index (κ3) is 5.25. The van der Waals surface area contributed by atoms with E-state index >= 15 is 0 Å². The number of thiazole rings is 2. The zero-order valence-electron chi connectivity index (χ0n) is 16.9. The predicted molar refractivity (Wildman–Crippen MR) is 125 cm³/mol. The highest BCUT2D eigenvalue weighted by molar-refractivity contribution is 7.17. The molecule has 0 saturated heterocycles. The molecule has 1 aromatic carbocycles. The Labute approximate surface area is 191 Å². The highest BCUT2D eigenvalue weighted by atomic mass is 32.1. The standard InChI is InChI=1S/C22H19N3O3S3/c1-13-5-3-4-6-17(13)25-18(26)9-19-24-16(12-30-19)10-28-22(27)20-14(2)23-21(31-20)15-7-8-29-11-15/h3-8,11-12H,9-10H2,1-2H3,(H,25,26). The van der Waals surface area contributed by atoms with E-state index in [0.717, 1.165) is 21.8 Å². The molecule has 0 atom stereocenters. The molecule has 6 nitrogen and oxygen atoms in total. The summed E-state index contributed by atoms with van der Waals surface area (Å²) in [5, 5.41) is 10.2. The fourth-order valence-corrected chi connectivity index (χ4v) is 5.29. The molecule has 0 radical (unpaired) electrons. The van der Waals surface area contributed by atoms with Crippen LogP contribution in [0, 0.1) is 13.8 Å². The zero-order valence-corrected chi connectivity index (χ0v) is 19.3. The number of nitrogens with one attached hydrogen (secondary N) is 1. The Kier molecular flexibility index (Phi) is 6.55. The number of hydrogen-bond donors (Lipinski definition) is 1. The molecule has 4 rings (SSSR count). The summed E-state index contributed by atoms with van der Waals surface area (Å²) in [5.41, 5.74) is 4.08. The Bertz CT molecular complexity index is 1210. The summed E-state index contributed by atoms with van der Waals surface area (Å²) in [6.07, 6.45) is 0.172. The number of nitrogens with zero attached hydrogens (tertiary/aromatic N) is 2. The van der Waals surface area contributed by atoms with Gasteiger partial charge in [-0.15, -0.1) is 22.7 Å². The van der Waals surface area contributed by atoms with Crippen molar-refractivity contribution < 1.29 is 14.3 Å². The molecular formula is C22H19N3O3S3. The summed E-state index contributed by atoms with van der Waals surface area (Å²) in [6, 6.07) is 9.59. The van der Waals surface area contributed by atoms with Crippen molar-refractivity contribution in [3.05, 3.63) is 73.3 Å². The molecule has 0 aliphatic heterocycles. The van der Waals surface area contributed by atoms with Gasteiger partial charge in [0, 0.05) is 22.0 Å². The largest absolute Gasteiger partial charge is 0.455 e. The van der Waals surface area contributed by atoms with Gasteiger partial charge in [-0.2, -0.15) is 11.3 Å². The number of carbonyl (C=O) groups is 2. The highest BCUT2D eigenvalue weighted by Gasteiger charge is 2.18. The van der Waals surface area contributed by atoms with Gasteiger partial charge in [0.15, 0.2) is 0 Å². The van der Waals surface area contributed by atoms with Gasteiger partial charge in [0.1, 0.15) is 21.5 Å². The van der Waals surface area contributed by atoms with Crippen molar-refractivity contribution in [2.45, 2.75) is 26.9 Å². The summed E-state index contributed by atoms with van der Waals surface area (Å²) in [7, 11) is 0. The SMILES string of the molecule is Cc1ccccc1NC(=O)Cc1nc(COC(=O)c2sc(-c3ccsc3)nc2C)cs1. The average Bonchev–Trinajstić information content (AvgIpc) is 3.49. The third-order valence-corrected chi connectivity index (χ3v) is 7.20. The van der Waals surface area contributed by atoms with Gasteiger partial charge in [0.2, 0.25) is 5.91 Å². The summed E-state index contributed by atoms with van der Waals surface area (Å²) in [5.74, 6) is -0.545. The number of rotatable bonds is 7. The van der Waals surface area contributed by atoms with Gasteiger partial charge >= 0.3 is 5.97 Å². The fourth-order valence-electron chi connectivity index (χ4n) is 2.84. The molecule has 0 fully saturated rings. The topological polar surface area (TPSA) is 81.2 Å². The van der Waals surface area contributed by atoms with Gasteiger partial charge < -0.3 is 10.1 Å². The van der Waals surface area contributed by atoms with Crippen LogP contribution in [0.3, 0.4) is 0 Å². The molecule has 3 heterocycles. The Balaban J connectivity index is 1.33. The number of amides is 1. The van der Waals surface area contributed by atoms with E-state index in [1.165, 1.54) is 22.7 Å².